The van der Waals surface area contributed by atoms with Gasteiger partial charge in [0.2, 0.25) is 5.78 Å². The van der Waals surface area contributed by atoms with Crippen LogP contribution in [0.2, 0.25) is 4.34 Å². The average molecular weight is 256 g/mol. The Bertz CT molecular complexity index is 553. The smallest absolute Gasteiger partial charge is 0.205 e. The summed E-state index contributed by atoms with van der Waals surface area (Å²) in [6, 6.07) is 6.97. The molecule has 0 aliphatic heterocycles. The van der Waals surface area contributed by atoms with Gasteiger partial charge in [-0.3, -0.25) is 4.79 Å². The quantitative estimate of drug-likeness (QED) is 0.661. The molecular formula is C11H7ClFNOS. The molecule has 2 nitrogen and oxygen atoms in total. The van der Waals surface area contributed by atoms with E-state index in [1.807, 2.05) is 0 Å². The van der Waals surface area contributed by atoms with Gasteiger partial charge in [-0.15, -0.1) is 11.3 Å². The molecule has 2 aromatic rings. The molecule has 2 rings (SSSR count). The van der Waals surface area contributed by atoms with Crippen molar-refractivity contribution in [3.05, 3.63) is 50.9 Å². The molecule has 0 amide bonds. The minimum atomic E-state index is -0.460. The summed E-state index contributed by atoms with van der Waals surface area (Å²) >= 11 is 6.90. The molecule has 1 heterocycles. The second-order valence-electron chi connectivity index (χ2n) is 3.16. The number of ketones is 1. The minimum absolute atomic E-state index is 0.134. The van der Waals surface area contributed by atoms with Crippen LogP contribution in [0.25, 0.3) is 0 Å². The highest BCUT2D eigenvalue weighted by molar-refractivity contribution is 7.18. The summed E-state index contributed by atoms with van der Waals surface area (Å²) in [5.74, 6) is -0.701. The first-order chi connectivity index (χ1) is 7.58. The van der Waals surface area contributed by atoms with Crippen molar-refractivity contribution in [3.63, 3.8) is 0 Å². The largest absolute Gasteiger partial charge is 0.398 e. The Morgan fingerprint density at radius 1 is 1.31 bits per heavy atom. The number of rotatable bonds is 2. The van der Waals surface area contributed by atoms with Gasteiger partial charge in [0.15, 0.2) is 0 Å². The summed E-state index contributed by atoms with van der Waals surface area (Å²) in [6.45, 7) is 0. The Hall–Kier alpha value is -1.39. The Morgan fingerprint density at radius 3 is 2.62 bits per heavy atom. The summed E-state index contributed by atoms with van der Waals surface area (Å²) in [6.07, 6.45) is 0. The number of nitrogens with two attached hydrogens (primary N) is 1. The maximum atomic E-state index is 12.8. The van der Waals surface area contributed by atoms with E-state index >= 15 is 0 Å². The van der Waals surface area contributed by atoms with E-state index in [4.69, 9.17) is 17.3 Å². The van der Waals surface area contributed by atoms with Crippen molar-refractivity contribution >= 4 is 34.4 Å². The standard InChI is InChI=1S/C11H7ClFNOS/c12-10-4-3-9(16-10)11(15)7-2-1-6(13)5-8(7)14/h1-5H,14H2. The number of carbonyl (C=O) groups is 1. The van der Waals surface area contributed by atoms with Crippen LogP contribution in [0.4, 0.5) is 10.1 Å². The molecule has 0 spiro atoms. The van der Waals surface area contributed by atoms with Crippen molar-refractivity contribution < 1.29 is 9.18 Å². The highest BCUT2D eigenvalue weighted by Gasteiger charge is 2.14. The van der Waals surface area contributed by atoms with E-state index in [0.717, 1.165) is 6.07 Å². The van der Waals surface area contributed by atoms with Crippen molar-refractivity contribution in [1.82, 2.24) is 0 Å². The molecule has 2 N–H and O–H groups in total. The lowest BCUT2D eigenvalue weighted by molar-refractivity contribution is 0.104. The van der Waals surface area contributed by atoms with Crippen LogP contribution in [0.3, 0.4) is 0 Å². The molecule has 5 heteroatoms. The van der Waals surface area contributed by atoms with Crippen LogP contribution >= 0.6 is 22.9 Å². The predicted molar refractivity (Wildman–Crippen MR) is 63.6 cm³/mol. The van der Waals surface area contributed by atoms with Crippen LogP contribution in [0.5, 0.6) is 0 Å². The van der Waals surface area contributed by atoms with Crippen LogP contribution in [-0.4, -0.2) is 5.78 Å². The fourth-order valence-electron chi connectivity index (χ4n) is 1.31. The highest BCUT2D eigenvalue weighted by atomic mass is 35.5. The lowest BCUT2D eigenvalue weighted by Gasteiger charge is -2.02. The van der Waals surface area contributed by atoms with Gasteiger partial charge in [0, 0.05) is 11.3 Å². The zero-order valence-corrected chi connectivity index (χ0v) is 9.61. The Morgan fingerprint density at radius 2 is 2.06 bits per heavy atom. The van der Waals surface area contributed by atoms with Crippen molar-refractivity contribution in [2.45, 2.75) is 0 Å². The van der Waals surface area contributed by atoms with Gasteiger partial charge in [-0.2, -0.15) is 0 Å². The molecule has 82 valence electrons. The first-order valence-corrected chi connectivity index (χ1v) is 5.62. The number of hydrogen-bond donors (Lipinski definition) is 1. The topological polar surface area (TPSA) is 43.1 Å². The molecule has 0 atom stereocenters. The van der Waals surface area contributed by atoms with Gasteiger partial charge in [0.1, 0.15) is 5.82 Å². The third-order valence-corrected chi connectivity index (χ3v) is 3.29. The zero-order chi connectivity index (χ0) is 11.7. The van der Waals surface area contributed by atoms with Gasteiger partial charge in [-0.1, -0.05) is 11.6 Å². The van der Waals surface area contributed by atoms with Gasteiger partial charge in [-0.05, 0) is 30.3 Å². The molecule has 0 saturated carbocycles. The number of carbonyl (C=O) groups excluding carboxylic acids is 1. The maximum absolute atomic E-state index is 12.8. The maximum Gasteiger partial charge on any atom is 0.205 e. The van der Waals surface area contributed by atoms with Crippen LogP contribution in [0.1, 0.15) is 15.2 Å². The normalized spacial score (nSPS) is 10.4. The number of anilines is 1. The highest BCUT2D eigenvalue weighted by Crippen LogP contribution is 2.25. The predicted octanol–water partition coefficient (Wildman–Crippen LogP) is 3.35. The number of halogens is 2. The van der Waals surface area contributed by atoms with E-state index in [1.54, 1.807) is 12.1 Å². The second-order valence-corrected chi connectivity index (χ2v) is 4.88. The molecule has 0 radical (unpaired) electrons. The van der Waals surface area contributed by atoms with Gasteiger partial charge < -0.3 is 5.73 Å². The third-order valence-electron chi connectivity index (χ3n) is 2.06. The van der Waals surface area contributed by atoms with Gasteiger partial charge in [0.25, 0.3) is 0 Å². The Kier molecular flexibility index (Phi) is 2.94. The van der Waals surface area contributed by atoms with Crippen LogP contribution in [0.15, 0.2) is 30.3 Å². The molecule has 0 unspecified atom stereocenters. The summed E-state index contributed by atoms with van der Waals surface area (Å²) < 4.78 is 13.3. The summed E-state index contributed by atoms with van der Waals surface area (Å²) in [4.78, 5) is 12.4. The summed E-state index contributed by atoms with van der Waals surface area (Å²) in [5.41, 5.74) is 6.00. The van der Waals surface area contributed by atoms with Crippen molar-refractivity contribution in [1.29, 1.82) is 0 Å². The molecule has 0 saturated heterocycles. The first kappa shape index (κ1) is 11.1. The number of thiophene rings is 1. The van der Waals surface area contributed by atoms with E-state index in [-0.39, 0.29) is 11.5 Å². The summed E-state index contributed by atoms with van der Waals surface area (Å²) in [7, 11) is 0. The zero-order valence-electron chi connectivity index (χ0n) is 8.04. The lowest BCUT2D eigenvalue weighted by Crippen LogP contribution is -2.03. The number of hydrogen-bond acceptors (Lipinski definition) is 3. The molecular weight excluding hydrogens is 249 g/mol. The van der Waals surface area contributed by atoms with E-state index in [2.05, 4.69) is 0 Å². The number of nitrogen functional groups attached to an aromatic ring is 1. The van der Waals surface area contributed by atoms with Crippen LogP contribution in [0, 0.1) is 5.82 Å². The van der Waals surface area contributed by atoms with Gasteiger partial charge >= 0.3 is 0 Å². The lowest BCUT2D eigenvalue weighted by atomic mass is 10.1. The Labute approximate surface area is 100 Å². The minimum Gasteiger partial charge on any atom is -0.398 e. The van der Waals surface area contributed by atoms with Crippen molar-refractivity contribution in [2.75, 3.05) is 5.73 Å². The fraction of sp³-hybridized carbons (Fsp3) is 0. The third kappa shape index (κ3) is 2.08. The first-order valence-electron chi connectivity index (χ1n) is 4.43. The number of benzene rings is 1. The summed E-state index contributed by atoms with van der Waals surface area (Å²) in [5, 5.41) is 0. The SMILES string of the molecule is Nc1cc(F)ccc1C(=O)c1ccc(Cl)s1. The molecule has 0 bridgehead atoms. The van der Waals surface area contributed by atoms with E-state index in [9.17, 15) is 9.18 Å². The monoisotopic (exact) mass is 255 g/mol. The second kappa shape index (κ2) is 4.23. The fourth-order valence-corrected chi connectivity index (χ4v) is 2.31. The molecule has 1 aromatic carbocycles. The van der Waals surface area contributed by atoms with Crippen LogP contribution < -0.4 is 5.73 Å². The molecule has 16 heavy (non-hydrogen) atoms. The van der Waals surface area contributed by atoms with Crippen molar-refractivity contribution in [3.8, 4) is 0 Å². The van der Waals surface area contributed by atoms with Gasteiger partial charge in [0.05, 0.1) is 9.21 Å². The molecule has 0 fully saturated rings. The van der Waals surface area contributed by atoms with E-state index in [1.165, 1.54) is 23.5 Å². The van der Waals surface area contributed by atoms with Gasteiger partial charge in [-0.25, -0.2) is 4.39 Å². The van der Waals surface area contributed by atoms with E-state index < -0.39 is 5.82 Å². The molecule has 0 aliphatic carbocycles. The molecule has 0 aliphatic rings. The Balaban J connectivity index is 2.41. The van der Waals surface area contributed by atoms with Crippen LogP contribution in [-0.2, 0) is 0 Å². The van der Waals surface area contributed by atoms with Crippen molar-refractivity contribution in [2.24, 2.45) is 0 Å². The molecule has 1 aromatic heterocycles. The average Bonchev–Trinajstić information content (AvgIpc) is 2.64. The van der Waals surface area contributed by atoms with E-state index in [0.29, 0.717) is 14.8 Å².